The van der Waals surface area contributed by atoms with Gasteiger partial charge in [0, 0.05) is 0 Å². The van der Waals surface area contributed by atoms with Crippen molar-refractivity contribution in [2.45, 2.75) is 26.2 Å². The van der Waals surface area contributed by atoms with Crippen molar-refractivity contribution in [3.8, 4) is 5.75 Å². The van der Waals surface area contributed by atoms with Crippen LogP contribution in [0.2, 0.25) is 0 Å². The first-order valence-electron chi connectivity index (χ1n) is 4.83. The fourth-order valence-electron chi connectivity index (χ4n) is 1.21. The van der Waals surface area contributed by atoms with Gasteiger partial charge in [0.1, 0.15) is 12.4 Å². The van der Waals surface area contributed by atoms with Gasteiger partial charge < -0.3 is 4.74 Å². The van der Waals surface area contributed by atoms with Crippen molar-refractivity contribution in [2.24, 2.45) is 0 Å². The summed E-state index contributed by atoms with van der Waals surface area (Å²) in [6.45, 7) is 7.15. The Hall–Kier alpha value is -0.690. The molecule has 0 aliphatic rings. The molecule has 0 N–H and O–H groups in total. The van der Waals surface area contributed by atoms with Gasteiger partial charge in [-0.25, -0.2) is 0 Å². The topological polar surface area (TPSA) is 9.23 Å². The molecule has 0 aromatic heterocycles. The molecule has 0 fully saturated rings. The van der Waals surface area contributed by atoms with Crippen molar-refractivity contribution in [3.05, 3.63) is 29.8 Å². The molecule has 1 aromatic rings. The van der Waals surface area contributed by atoms with Crippen molar-refractivity contribution in [1.29, 1.82) is 0 Å². The first-order valence-corrected chi connectivity index (χ1v) is 5.37. The van der Waals surface area contributed by atoms with Gasteiger partial charge in [-0.05, 0) is 23.1 Å². The van der Waals surface area contributed by atoms with Crippen molar-refractivity contribution in [1.82, 2.24) is 0 Å². The molecule has 0 saturated carbocycles. The summed E-state index contributed by atoms with van der Waals surface area (Å²) in [4.78, 5) is 0. The maximum atomic E-state index is 5.53. The highest BCUT2D eigenvalue weighted by Crippen LogP contribution is 2.24. The van der Waals surface area contributed by atoms with Gasteiger partial charge in [-0.2, -0.15) is 0 Å². The Balaban J connectivity index is 2.69. The SMILES string of the molecule is CC(C)(C)c1ccc(OCCCl)cc1. The summed E-state index contributed by atoms with van der Waals surface area (Å²) < 4.78 is 5.39. The lowest BCUT2D eigenvalue weighted by molar-refractivity contribution is 0.342. The predicted molar refractivity (Wildman–Crippen MR) is 61.4 cm³/mol. The van der Waals surface area contributed by atoms with Crippen LogP contribution < -0.4 is 4.74 Å². The summed E-state index contributed by atoms with van der Waals surface area (Å²) in [5.41, 5.74) is 1.51. The van der Waals surface area contributed by atoms with Gasteiger partial charge in [0.15, 0.2) is 0 Å². The number of hydrogen-bond donors (Lipinski definition) is 0. The normalized spacial score (nSPS) is 11.4. The van der Waals surface area contributed by atoms with Crippen molar-refractivity contribution in [2.75, 3.05) is 12.5 Å². The Morgan fingerprint density at radius 3 is 2.14 bits per heavy atom. The highest BCUT2D eigenvalue weighted by atomic mass is 35.5. The quantitative estimate of drug-likeness (QED) is 0.696. The number of benzene rings is 1. The third-order valence-electron chi connectivity index (χ3n) is 2.07. The maximum absolute atomic E-state index is 5.53. The monoisotopic (exact) mass is 212 g/mol. The van der Waals surface area contributed by atoms with Crippen LogP contribution in [-0.2, 0) is 5.41 Å². The third-order valence-corrected chi connectivity index (χ3v) is 2.22. The van der Waals surface area contributed by atoms with Crippen LogP contribution in [-0.4, -0.2) is 12.5 Å². The first-order chi connectivity index (χ1) is 6.54. The maximum Gasteiger partial charge on any atom is 0.119 e. The lowest BCUT2D eigenvalue weighted by Crippen LogP contribution is -2.10. The fraction of sp³-hybridized carbons (Fsp3) is 0.500. The molecule has 0 atom stereocenters. The van der Waals surface area contributed by atoms with Crippen LogP contribution in [0.3, 0.4) is 0 Å². The summed E-state index contributed by atoms with van der Waals surface area (Å²) in [6, 6.07) is 8.19. The van der Waals surface area contributed by atoms with Crippen molar-refractivity contribution in [3.63, 3.8) is 0 Å². The van der Waals surface area contributed by atoms with Crippen LogP contribution in [0, 0.1) is 0 Å². The number of alkyl halides is 1. The van der Waals surface area contributed by atoms with E-state index in [1.807, 2.05) is 12.1 Å². The second kappa shape index (κ2) is 4.70. The largest absolute Gasteiger partial charge is 0.492 e. The molecule has 0 bridgehead atoms. The standard InChI is InChI=1S/C12H17ClO/c1-12(2,3)10-4-6-11(7-5-10)14-9-8-13/h4-7H,8-9H2,1-3H3. The van der Waals surface area contributed by atoms with E-state index in [4.69, 9.17) is 16.3 Å². The Kier molecular flexibility index (Phi) is 3.82. The minimum atomic E-state index is 0.199. The highest BCUT2D eigenvalue weighted by Gasteiger charge is 2.12. The highest BCUT2D eigenvalue weighted by molar-refractivity contribution is 6.17. The van der Waals surface area contributed by atoms with E-state index < -0.39 is 0 Å². The van der Waals surface area contributed by atoms with Gasteiger partial charge in [0.2, 0.25) is 0 Å². The predicted octanol–water partition coefficient (Wildman–Crippen LogP) is 3.60. The van der Waals surface area contributed by atoms with Gasteiger partial charge in [-0.1, -0.05) is 32.9 Å². The molecule has 0 spiro atoms. The molecule has 0 radical (unpaired) electrons. The van der Waals surface area contributed by atoms with Crippen LogP contribution in [0.15, 0.2) is 24.3 Å². The van der Waals surface area contributed by atoms with Gasteiger partial charge in [0.05, 0.1) is 5.88 Å². The Morgan fingerprint density at radius 1 is 1.14 bits per heavy atom. The minimum Gasteiger partial charge on any atom is -0.492 e. The average Bonchev–Trinajstić information content (AvgIpc) is 2.14. The second-order valence-electron chi connectivity index (χ2n) is 4.31. The molecule has 14 heavy (non-hydrogen) atoms. The Labute approximate surface area is 91.0 Å². The molecular formula is C12H17ClO. The molecule has 78 valence electrons. The Morgan fingerprint density at radius 2 is 1.71 bits per heavy atom. The molecule has 0 heterocycles. The number of rotatable bonds is 3. The van der Waals surface area contributed by atoms with E-state index in [1.165, 1.54) is 5.56 Å². The van der Waals surface area contributed by atoms with Gasteiger partial charge in [0.25, 0.3) is 0 Å². The second-order valence-corrected chi connectivity index (χ2v) is 4.69. The van der Waals surface area contributed by atoms with Crippen LogP contribution in [0.5, 0.6) is 5.75 Å². The summed E-state index contributed by atoms with van der Waals surface area (Å²) in [5.74, 6) is 1.42. The Bertz CT molecular complexity index is 271. The molecule has 0 unspecified atom stereocenters. The summed E-state index contributed by atoms with van der Waals surface area (Å²) in [7, 11) is 0. The van der Waals surface area contributed by atoms with Gasteiger partial charge >= 0.3 is 0 Å². The number of halogens is 1. The van der Waals surface area contributed by atoms with Crippen molar-refractivity contribution < 1.29 is 4.74 Å². The minimum absolute atomic E-state index is 0.199. The molecule has 0 aliphatic heterocycles. The van der Waals surface area contributed by atoms with Gasteiger partial charge in [-0.15, -0.1) is 11.6 Å². The fourth-order valence-corrected chi connectivity index (χ4v) is 1.28. The van der Waals surface area contributed by atoms with E-state index in [2.05, 4.69) is 32.9 Å². The summed E-state index contributed by atoms with van der Waals surface area (Å²) in [6.07, 6.45) is 0. The van der Waals surface area contributed by atoms with E-state index in [9.17, 15) is 0 Å². The first kappa shape index (κ1) is 11.4. The smallest absolute Gasteiger partial charge is 0.119 e. The molecular weight excluding hydrogens is 196 g/mol. The molecule has 1 rings (SSSR count). The molecule has 1 nitrogen and oxygen atoms in total. The molecule has 1 aromatic carbocycles. The van der Waals surface area contributed by atoms with E-state index >= 15 is 0 Å². The van der Waals surface area contributed by atoms with Crippen molar-refractivity contribution >= 4 is 11.6 Å². The molecule has 0 saturated heterocycles. The number of hydrogen-bond acceptors (Lipinski definition) is 1. The van der Waals surface area contributed by atoms with Gasteiger partial charge in [-0.3, -0.25) is 0 Å². The zero-order chi connectivity index (χ0) is 10.6. The molecule has 0 aliphatic carbocycles. The third kappa shape index (κ3) is 3.22. The average molecular weight is 213 g/mol. The van der Waals surface area contributed by atoms with E-state index in [1.54, 1.807) is 0 Å². The zero-order valence-electron chi connectivity index (χ0n) is 9.01. The molecule has 2 heteroatoms. The van der Waals surface area contributed by atoms with Crippen LogP contribution >= 0.6 is 11.6 Å². The van der Waals surface area contributed by atoms with E-state index in [-0.39, 0.29) is 5.41 Å². The van der Waals surface area contributed by atoms with Crippen LogP contribution in [0.25, 0.3) is 0 Å². The number of ether oxygens (including phenoxy) is 1. The van der Waals surface area contributed by atoms with E-state index in [0.29, 0.717) is 12.5 Å². The molecule has 0 amide bonds. The lowest BCUT2D eigenvalue weighted by Gasteiger charge is -2.19. The summed E-state index contributed by atoms with van der Waals surface area (Å²) >= 11 is 5.53. The van der Waals surface area contributed by atoms with E-state index in [0.717, 1.165) is 5.75 Å². The lowest BCUT2D eigenvalue weighted by atomic mass is 9.87. The zero-order valence-corrected chi connectivity index (χ0v) is 9.77. The van der Waals surface area contributed by atoms with Crippen LogP contribution in [0.1, 0.15) is 26.3 Å². The van der Waals surface area contributed by atoms with Crippen LogP contribution in [0.4, 0.5) is 0 Å². The summed E-state index contributed by atoms with van der Waals surface area (Å²) in [5, 5.41) is 0.